The largest absolute Gasteiger partial charge is 0.497 e. The van der Waals surface area contributed by atoms with Crippen LogP contribution in [0, 0.1) is 5.92 Å². The minimum Gasteiger partial charge on any atom is -0.497 e. The van der Waals surface area contributed by atoms with Crippen LogP contribution in [0.25, 0.3) is 0 Å². The summed E-state index contributed by atoms with van der Waals surface area (Å²) in [5.74, 6) is 0.318. The van der Waals surface area contributed by atoms with Gasteiger partial charge in [0.25, 0.3) is 5.91 Å². The predicted molar refractivity (Wildman–Crippen MR) is 138 cm³/mol. The standard InChI is InChI=1S/C27H25ClN2O7/c1-34-20-8-10-22(11-9-20)37-21-6-4-19(5-7-21)30-15-17(13-26(30)32)27(33)36-16-25(31)29-23-14-18(28)3-12-24(23)35-2/h3-12,14,17H,13,15-16H2,1-2H3,(H,29,31)/t17-/m0/s1. The number of benzene rings is 3. The summed E-state index contributed by atoms with van der Waals surface area (Å²) < 4.78 is 21.3. The van der Waals surface area contributed by atoms with Crippen molar-refractivity contribution in [1.82, 2.24) is 0 Å². The zero-order chi connectivity index (χ0) is 26.4. The van der Waals surface area contributed by atoms with Crippen molar-refractivity contribution in [2.75, 3.05) is 37.6 Å². The van der Waals surface area contributed by atoms with E-state index in [1.807, 2.05) is 0 Å². The molecule has 3 aromatic rings. The molecule has 1 heterocycles. The predicted octanol–water partition coefficient (Wildman–Crippen LogP) is 4.68. The molecule has 0 aromatic heterocycles. The van der Waals surface area contributed by atoms with Crippen molar-refractivity contribution in [3.05, 3.63) is 71.8 Å². The third-order valence-corrected chi connectivity index (χ3v) is 5.92. The van der Waals surface area contributed by atoms with Crippen LogP contribution in [0.2, 0.25) is 5.02 Å². The van der Waals surface area contributed by atoms with E-state index in [0.717, 1.165) is 5.75 Å². The Hall–Kier alpha value is -4.24. The Bertz CT molecular complexity index is 1280. The highest BCUT2D eigenvalue weighted by molar-refractivity contribution is 6.31. The molecular weight excluding hydrogens is 500 g/mol. The van der Waals surface area contributed by atoms with E-state index in [0.29, 0.717) is 33.6 Å². The molecular formula is C27H25ClN2O7. The lowest BCUT2D eigenvalue weighted by Crippen LogP contribution is -2.28. The molecule has 1 N–H and O–H groups in total. The number of esters is 1. The third kappa shape index (κ3) is 6.50. The van der Waals surface area contributed by atoms with Gasteiger partial charge in [0.1, 0.15) is 23.0 Å². The first-order chi connectivity index (χ1) is 17.9. The molecule has 4 rings (SSSR count). The molecule has 1 saturated heterocycles. The number of rotatable bonds is 9. The normalized spacial score (nSPS) is 14.7. The molecule has 37 heavy (non-hydrogen) atoms. The molecule has 3 aromatic carbocycles. The highest BCUT2D eigenvalue weighted by Crippen LogP contribution is 2.30. The second-order valence-corrected chi connectivity index (χ2v) is 8.61. The molecule has 9 nitrogen and oxygen atoms in total. The van der Waals surface area contributed by atoms with Gasteiger partial charge in [-0.25, -0.2) is 0 Å². The second kappa shape index (κ2) is 11.7. The van der Waals surface area contributed by atoms with Crippen LogP contribution in [0.15, 0.2) is 66.7 Å². The molecule has 0 spiro atoms. The third-order valence-electron chi connectivity index (χ3n) is 5.68. The lowest BCUT2D eigenvalue weighted by Gasteiger charge is -2.17. The minimum absolute atomic E-state index is 0.00727. The number of hydrogen-bond donors (Lipinski definition) is 1. The first kappa shape index (κ1) is 25.8. The first-order valence-electron chi connectivity index (χ1n) is 11.4. The number of nitrogens with zero attached hydrogens (tertiary/aromatic N) is 1. The Balaban J connectivity index is 1.29. The number of anilines is 2. The van der Waals surface area contributed by atoms with Gasteiger partial charge in [-0.15, -0.1) is 0 Å². The zero-order valence-corrected chi connectivity index (χ0v) is 21.0. The number of amides is 2. The highest BCUT2D eigenvalue weighted by atomic mass is 35.5. The second-order valence-electron chi connectivity index (χ2n) is 8.18. The highest BCUT2D eigenvalue weighted by Gasteiger charge is 2.36. The first-order valence-corrected chi connectivity index (χ1v) is 11.8. The number of carbonyl (C=O) groups is 3. The molecule has 2 amide bonds. The number of halogens is 1. The molecule has 0 bridgehead atoms. The van der Waals surface area contributed by atoms with Crippen molar-refractivity contribution < 1.29 is 33.3 Å². The number of carbonyl (C=O) groups excluding carboxylic acids is 3. The SMILES string of the molecule is COc1ccc(Oc2ccc(N3C[C@@H](C(=O)OCC(=O)Nc4cc(Cl)ccc4OC)CC3=O)cc2)cc1. The smallest absolute Gasteiger partial charge is 0.311 e. The number of methoxy groups -OCH3 is 2. The van der Waals surface area contributed by atoms with Gasteiger partial charge in [0.15, 0.2) is 6.61 Å². The Morgan fingerprint density at radius 2 is 1.59 bits per heavy atom. The summed E-state index contributed by atoms with van der Waals surface area (Å²) >= 11 is 5.96. The lowest BCUT2D eigenvalue weighted by molar-refractivity contribution is -0.151. The van der Waals surface area contributed by atoms with Crippen molar-refractivity contribution in [1.29, 1.82) is 0 Å². The van der Waals surface area contributed by atoms with Crippen molar-refractivity contribution >= 4 is 40.8 Å². The fourth-order valence-electron chi connectivity index (χ4n) is 3.81. The van der Waals surface area contributed by atoms with Gasteiger partial charge in [-0.05, 0) is 66.7 Å². The van der Waals surface area contributed by atoms with Crippen LogP contribution in [-0.2, 0) is 19.1 Å². The van der Waals surface area contributed by atoms with Gasteiger partial charge in [-0.1, -0.05) is 11.6 Å². The van der Waals surface area contributed by atoms with Gasteiger partial charge in [0.05, 0.1) is 25.8 Å². The lowest BCUT2D eigenvalue weighted by atomic mass is 10.1. The van der Waals surface area contributed by atoms with E-state index in [4.69, 9.17) is 30.5 Å². The summed E-state index contributed by atoms with van der Waals surface area (Å²) in [5.41, 5.74) is 0.992. The van der Waals surface area contributed by atoms with Gasteiger partial charge in [0.2, 0.25) is 5.91 Å². The van der Waals surface area contributed by atoms with Crippen LogP contribution in [0.4, 0.5) is 11.4 Å². The van der Waals surface area contributed by atoms with Crippen molar-refractivity contribution in [3.63, 3.8) is 0 Å². The fraction of sp³-hybridized carbons (Fsp3) is 0.222. The van der Waals surface area contributed by atoms with Crippen LogP contribution in [0.5, 0.6) is 23.0 Å². The van der Waals surface area contributed by atoms with Crippen LogP contribution in [-0.4, -0.2) is 45.2 Å². The molecule has 192 valence electrons. The number of ether oxygens (including phenoxy) is 4. The molecule has 1 fully saturated rings. The number of hydrogen-bond acceptors (Lipinski definition) is 7. The maximum Gasteiger partial charge on any atom is 0.311 e. The van der Waals surface area contributed by atoms with Gasteiger partial charge < -0.3 is 29.2 Å². The minimum atomic E-state index is -0.684. The van der Waals surface area contributed by atoms with E-state index in [2.05, 4.69) is 5.32 Å². The van der Waals surface area contributed by atoms with Gasteiger partial charge >= 0.3 is 5.97 Å². The zero-order valence-electron chi connectivity index (χ0n) is 20.2. The molecule has 0 unspecified atom stereocenters. The Morgan fingerprint density at radius 3 is 2.24 bits per heavy atom. The van der Waals surface area contributed by atoms with Crippen LogP contribution in [0.3, 0.4) is 0 Å². The maximum absolute atomic E-state index is 12.6. The molecule has 0 saturated carbocycles. The number of nitrogens with one attached hydrogen (secondary N) is 1. The van der Waals surface area contributed by atoms with Crippen molar-refractivity contribution in [3.8, 4) is 23.0 Å². The monoisotopic (exact) mass is 524 g/mol. The average molecular weight is 525 g/mol. The van der Waals surface area contributed by atoms with Gasteiger partial charge in [0, 0.05) is 23.7 Å². The molecule has 0 radical (unpaired) electrons. The van der Waals surface area contributed by atoms with Crippen molar-refractivity contribution in [2.24, 2.45) is 5.92 Å². The Kier molecular flexibility index (Phi) is 8.15. The molecule has 1 aliphatic heterocycles. The van der Waals surface area contributed by atoms with Crippen LogP contribution < -0.4 is 24.4 Å². The molecule has 1 aliphatic rings. The molecule has 1 atom stereocenters. The van der Waals surface area contributed by atoms with E-state index in [9.17, 15) is 14.4 Å². The Morgan fingerprint density at radius 1 is 0.946 bits per heavy atom. The van der Waals surface area contributed by atoms with E-state index >= 15 is 0 Å². The summed E-state index contributed by atoms with van der Waals surface area (Å²) in [6, 6.07) is 18.9. The Labute approximate surface area is 218 Å². The van der Waals surface area contributed by atoms with Crippen LogP contribution >= 0.6 is 11.6 Å². The van der Waals surface area contributed by atoms with E-state index in [-0.39, 0.29) is 18.9 Å². The van der Waals surface area contributed by atoms with Crippen molar-refractivity contribution in [2.45, 2.75) is 6.42 Å². The van der Waals surface area contributed by atoms with E-state index < -0.39 is 24.4 Å². The van der Waals surface area contributed by atoms with Crippen LogP contribution in [0.1, 0.15) is 6.42 Å². The summed E-state index contributed by atoms with van der Waals surface area (Å²) in [4.78, 5) is 38.9. The summed E-state index contributed by atoms with van der Waals surface area (Å²) in [7, 11) is 3.05. The summed E-state index contributed by atoms with van der Waals surface area (Å²) in [5, 5.41) is 3.01. The fourth-order valence-corrected chi connectivity index (χ4v) is 3.98. The maximum atomic E-state index is 12.6. The summed E-state index contributed by atoms with van der Waals surface area (Å²) in [6.07, 6.45) is -0.00727. The van der Waals surface area contributed by atoms with E-state index in [1.54, 1.807) is 67.8 Å². The molecule has 0 aliphatic carbocycles. The van der Waals surface area contributed by atoms with E-state index in [1.165, 1.54) is 18.1 Å². The van der Waals surface area contributed by atoms with Gasteiger partial charge in [-0.2, -0.15) is 0 Å². The topological polar surface area (TPSA) is 103 Å². The molecule has 10 heteroatoms. The van der Waals surface area contributed by atoms with Gasteiger partial charge in [-0.3, -0.25) is 14.4 Å². The summed E-state index contributed by atoms with van der Waals surface area (Å²) in [6.45, 7) is -0.351. The quantitative estimate of drug-likeness (QED) is 0.405. The average Bonchev–Trinajstić information content (AvgIpc) is 3.30.